The Balaban J connectivity index is 0.00000625. The number of primary sulfonamides is 1. The summed E-state index contributed by atoms with van der Waals surface area (Å²) in [5.41, 5.74) is 1.68. The van der Waals surface area contributed by atoms with Crippen LogP contribution in [-0.4, -0.2) is 64.7 Å². The molecule has 1 rings (SSSR count). The monoisotopic (exact) mass is 497 g/mol. The minimum atomic E-state index is -3.52. The number of benzene rings is 1. The maximum atomic E-state index is 12.0. The van der Waals surface area contributed by atoms with E-state index in [2.05, 4.69) is 15.6 Å². The summed E-state index contributed by atoms with van der Waals surface area (Å²) >= 11 is 0. The van der Waals surface area contributed by atoms with Crippen molar-refractivity contribution in [3.8, 4) is 0 Å². The van der Waals surface area contributed by atoms with Gasteiger partial charge in [0.05, 0.1) is 12.3 Å². The van der Waals surface area contributed by atoms with Gasteiger partial charge in [-0.15, -0.1) is 24.0 Å². The van der Waals surface area contributed by atoms with Crippen LogP contribution in [0.1, 0.15) is 22.8 Å². The third kappa shape index (κ3) is 9.92. The number of nitrogens with zero attached hydrogens (tertiary/aromatic N) is 2. The summed E-state index contributed by atoms with van der Waals surface area (Å²) < 4.78 is 21.9. The van der Waals surface area contributed by atoms with Crippen LogP contribution in [0.3, 0.4) is 0 Å². The summed E-state index contributed by atoms with van der Waals surface area (Å²) in [5, 5.41) is 11.1. The van der Waals surface area contributed by atoms with E-state index in [0.717, 1.165) is 5.56 Å². The van der Waals surface area contributed by atoms with Crippen LogP contribution in [0.25, 0.3) is 0 Å². The Morgan fingerprint density at radius 2 is 1.96 bits per heavy atom. The molecule has 1 amide bonds. The van der Waals surface area contributed by atoms with Gasteiger partial charge in [0, 0.05) is 32.7 Å². The molecule has 148 valence electrons. The molecule has 0 saturated carbocycles. The second kappa shape index (κ2) is 12.1. The average molecular weight is 497 g/mol. The van der Waals surface area contributed by atoms with E-state index in [1.165, 1.54) is 0 Å². The number of rotatable bonds is 8. The zero-order valence-electron chi connectivity index (χ0n) is 15.4. The van der Waals surface area contributed by atoms with Gasteiger partial charge < -0.3 is 15.5 Å². The summed E-state index contributed by atoms with van der Waals surface area (Å²) in [6.45, 7) is 3.28. The van der Waals surface area contributed by atoms with Crippen molar-refractivity contribution in [3.63, 3.8) is 0 Å². The number of nitrogens with two attached hydrogens (primary N) is 1. The molecular formula is C16H28IN5O3S. The highest BCUT2D eigenvalue weighted by molar-refractivity contribution is 14.0. The Bertz CT molecular complexity index is 708. The number of halogens is 1. The van der Waals surface area contributed by atoms with E-state index in [9.17, 15) is 13.2 Å². The number of carbonyl (C=O) groups excluding carboxylic acids is 1. The maximum Gasteiger partial charge on any atom is 0.253 e. The van der Waals surface area contributed by atoms with Crippen LogP contribution in [0.4, 0.5) is 0 Å². The van der Waals surface area contributed by atoms with Crippen molar-refractivity contribution >= 4 is 45.9 Å². The van der Waals surface area contributed by atoms with Crippen LogP contribution in [0.2, 0.25) is 0 Å². The second-order valence-corrected chi connectivity index (χ2v) is 7.44. The normalized spacial score (nSPS) is 11.5. The first-order valence-electron chi connectivity index (χ1n) is 8.06. The highest BCUT2D eigenvalue weighted by Gasteiger charge is 2.08. The number of nitrogens with one attached hydrogen (secondary N) is 2. The Hall–Kier alpha value is -1.40. The van der Waals surface area contributed by atoms with Gasteiger partial charge in [0.2, 0.25) is 10.0 Å². The molecule has 0 spiro atoms. The van der Waals surface area contributed by atoms with E-state index < -0.39 is 10.0 Å². The lowest BCUT2D eigenvalue weighted by atomic mass is 10.1. The smallest absolute Gasteiger partial charge is 0.253 e. The van der Waals surface area contributed by atoms with Gasteiger partial charge in [-0.05, 0) is 31.0 Å². The molecule has 1 aromatic rings. The summed E-state index contributed by atoms with van der Waals surface area (Å²) in [4.78, 5) is 17.7. The number of sulfonamides is 1. The van der Waals surface area contributed by atoms with E-state index in [-0.39, 0.29) is 42.2 Å². The zero-order chi connectivity index (χ0) is 18.9. The van der Waals surface area contributed by atoms with Gasteiger partial charge in [0.1, 0.15) is 0 Å². The van der Waals surface area contributed by atoms with E-state index in [1.807, 2.05) is 25.1 Å². The van der Waals surface area contributed by atoms with Gasteiger partial charge in [-0.1, -0.05) is 12.1 Å². The Kier molecular flexibility index (Phi) is 11.4. The molecule has 26 heavy (non-hydrogen) atoms. The number of aliphatic imine (C=N–C) groups is 1. The summed E-state index contributed by atoms with van der Waals surface area (Å²) in [5.74, 6) is 0.303. The molecule has 8 nitrogen and oxygen atoms in total. The van der Waals surface area contributed by atoms with Crippen LogP contribution in [0.5, 0.6) is 0 Å². The first-order valence-corrected chi connectivity index (χ1v) is 9.77. The molecule has 0 fully saturated rings. The minimum Gasteiger partial charge on any atom is -0.357 e. The van der Waals surface area contributed by atoms with E-state index in [0.29, 0.717) is 31.0 Å². The van der Waals surface area contributed by atoms with Crippen molar-refractivity contribution in [1.82, 2.24) is 15.5 Å². The lowest BCUT2D eigenvalue weighted by Gasteiger charge is -2.13. The fourth-order valence-electron chi connectivity index (χ4n) is 2.07. The molecule has 10 heteroatoms. The Labute approximate surface area is 172 Å². The third-order valence-corrected chi connectivity index (χ3v) is 4.03. The van der Waals surface area contributed by atoms with Crippen molar-refractivity contribution in [3.05, 3.63) is 35.4 Å². The molecule has 0 heterocycles. The number of carbonyl (C=O) groups is 1. The topological polar surface area (TPSA) is 117 Å². The Morgan fingerprint density at radius 3 is 2.54 bits per heavy atom. The molecule has 0 saturated heterocycles. The highest BCUT2D eigenvalue weighted by atomic mass is 127. The van der Waals surface area contributed by atoms with Crippen molar-refractivity contribution in [2.24, 2.45) is 10.1 Å². The standard InChI is InChI=1S/C16H27N5O3S.HI/c1-4-18-16(20-10-11-25(17,23)24)19-9-8-13-6-5-7-14(12-13)15(22)21(2)3;/h5-7,12H,4,8-11H2,1-3H3,(H2,17,23,24)(H2,18,19,20);1H. The van der Waals surface area contributed by atoms with E-state index >= 15 is 0 Å². The van der Waals surface area contributed by atoms with Crippen molar-refractivity contribution in [1.29, 1.82) is 0 Å². The number of amides is 1. The van der Waals surface area contributed by atoms with Crippen LogP contribution < -0.4 is 15.8 Å². The number of guanidine groups is 1. The lowest BCUT2D eigenvalue weighted by molar-refractivity contribution is 0.0827. The summed E-state index contributed by atoms with van der Waals surface area (Å²) in [7, 11) is -0.0778. The summed E-state index contributed by atoms with van der Waals surface area (Å²) in [6, 6.07) is 7.48. The van der Waals surface area contributed by atoms with Crippen LogP contribution >= 0.6 is 24.0 Å². The Morgan fingerprint density at radius 1 is 1.27 bits per heavy atom. The van der Waals surface area contributed by atoms with Gasteiger partial charge in [-0.3, -0.25) is 9.79 Å². The van der Waals surface area contributed by atoms with Gasteiger partial charge in [-0.2, -0.15) is 0 Å². The third-order valence-electron chi connectivity index (χ3n) is 3.28. The SMILES string of the molecule is CCNC(=NCCS(N)(=O)=O)NCCc1cccc(C(=O)N(C)C)c1.I. The molecule has 0 unspecified atom stereocenters. The summed E-state index contributed by atoms with van der Waals surface area (Å²) in [6.07, 6.45) is 0.703. The van der Waals surface area contributed by atoms with Crippen LogP contribution in [0, 0.1) is 0 Å². The van der Waals surface area contributed by atoms with Gasteiger partial charge in [0.15, 0.2) is 5.96 Å². The zero-order valence-corrected chi connectivity index (χ0v) is 18.5. The van der Waals surface area contributed by atoms with Crippen molar-refractivity contribution in [2.75, 3.05) is 39.5 Å². The second-order valence-electron chi connectivity index (χ2n) is 5.70. The number of hydrogen-bond acceptors (Lipinski definition) is 4. The molecule has 0 aromatic heterocycles. The van der Waals surface area contributed by atoms with Gasteiger partial charge >= 0.3 is 0 Å². The lowest BCUT2D eigenvalue weighted by Crippen LogP contribution is -2.38. The molecular weight excluding hydrogens is 469 g/mol. The first-order chi connectivity index (χ1) is 11.7. The minimum absolute atomic E-state index is 0. The first kappa shape index (κ1) is 24.6. The fraction of sp³-hybridized carbons (Fsp3) is 0.500. The van der Waals surface area contributed by atoms with Crippen LogP contribution in [0.15, 0.2) is 29.3 Å². The number of hydrogen-bond donors (Lipinski definition) is 3. The van der Waals surface area contributed by atoms with Gasteiger partial charge in [-0.25, -0.2) is 13.6 Å². The van der Waals surface area contributed by atoms with Crippen molar-refractivity contribution in [2.45, 2.75) is 13.3 Å². The molecule has 1 aromatic carbocycles. The highest BCUT2D eigenvalue weighted by Crippen LogP contribution is 2.07. The molecule has 0 bridgehead atoms. The molecule has 4 N–H and O–H groups in total. The average Bonchev–Trinajstić information content (AvgIpc) is 2.53. The molecule has 0 aliphatic rings. The van der Waals surface area contributed by atoms with Gasteiger partial charge in [0.25, 0.3) is 5.91 Å². The largest absolute Gasteiger partial charge is 0.357 e. The predicted octanol–water partition coefficient (Wildman–Crippen LogP) is 0.393. The fourth-order valence-corrected chi connectivity index (χ4v) is 2.42. The van der Waals surface area contributed by atoms with E-state index in [4.69, 9.17) is 5.14 Å². The predicted molar refractivity (Wildman–Crippen MR) is 116 cm³/mol. The van der Waals surface area contributed by atoms with E-state index in [1.54, 1.807) is 25.1 Å². The molecule has 0 aliphatic carbocycles. The molecule has 0 aliphatic heterocycles. The molecule has 0 atom stereocenters. The van der Waals surface area contributed by atoms with Crippen LogP contribution in [-0.2, 0) is 16.4 Å². The maximum absolute atomic E-state index is 12.0. The molecule has 0 radical (unpaired) electrons. The van der Waals surface area contributed by atoms with Crippen molar-refractivity contribution < 1.29 is 13.2 Å². The quantitative estimate of drug-likeness (QED) is 0.273.